The molecule has 6 nitrogen and oxygen atoms in total. The largest absolute Gasteiger partial charge is 0.350 e. The van der Waals surface area contributed by atoms with Crippen molar-refractivity contribution in [1.82, 2.24) is 14.9 Å². The zero-order chi connectivity index (χ0) is 17.8. The molecule has 3 aromatic rings. The number of aromatic nitrogens is 2. The van der Waals surface area contributed by atoms with Crippen LogP contribution in [0.5, 0.6) is 0 Å². The zero-order valence-electron chi connectivity index (χ0n) is 13.6. The fourth-order valence-corrected chi connectivity index (χ4v) is 3.24. The minimum absolute atomic E-state index is 0.126. The van der Waals surface area contributed by atoms with Crippen LogP contribution in [0.2, 0.25) is 0 Å². The summed E-state index contributed by atoms with van der Waals surface area (Å²) in [6, 6.07) is 10.7. The lowest BCUT2D eigenvalue weighted by atomic mass is 10.1. The first-order valence-electron chi connectivity index (χ1n) is 7.80. The van der Waals surface area contributed by atoms with E-state index >= 15 is 0 Å². The van der Waals surface area contributed by atoms with Gasteiger partial charge in [-0.3, -0.25) is 14.2 Å². The normalized spacial score (nSPS) is 11.8. The fraction of sp³-hybridized carbons (Fsp3) is 0.222. The van der Waals surface area contributed by atoms with Gasteiger partial charge in [-0.25, -0.2) is 4.98 Å². The van der Waals surface area contributed by atoms with Gasteiger partial charge in [0.15, 0.2) is 0 Å². The Morgan fingerprint density at radius 3 is 2.84 bits per heavy atom. The van der Waals surface area contributed by atoms with Gasteiger partial charge in [0.1, 0.15) is 4.83 Å². The zero-order valence-corrected chi connectivity index (χ0v) is 14.4. The molecule has 0 aliphatic carbocycles. The summed E-state index contributed by atoms with van der Waals surface area (Å²) in [5.74, 6) is -0.144. The minimum Gasteiger partial charge on any atom is -0.350 e. The number of rotatable bonds is 5. The molecule has 0 bridgehead atoms. The number of fused-ring (bicyclic) bond motifs is 1. The molecule has 7 heteroatoms. The van der Waals surface area contributed by atoms with Gasteiger partial charge in [-0.15, -0.1) is 11.3 Å². The number of aryl methyl sites for hydroxylation is 1. The molecule has 2 heterocycles. The van der Waals surface area contributed by atoms with Crippen LogP contribution in [-0.2, 0) is 11.3 Å². The molecule has 1 amide bonds. The second-order valence-corrected chi connectivity index (χ2v) is 6.55. The van der Waals surface area contributed by atoms with E-state index in [1.54, 1.807) is 18.2 Å². The molecular weight excluding hydrogens is 336 g/mol. The Balaban J connectivity index is 1.61. The number of carbonyl (C=O) groups is 1. The molecule has 1 aromatic carbocycles. The molecule has 0 saturated carbocycles. The van der Waals surface area contributed by atoms with Crippen molar-refractivity contribution in [2.45, 2.75) is 25.9 Å². The first-order valence-corrected chi connectivity index (χ1v) is 8.68. The molecule has 0 aliphatic rings. The van der Waals surface area contributed by atoms with Crippen molar-refractivity contribution in [1.29, 1.82) is 5.26 Å². The number of nitriles is 1. The highest BCUT2D eigenvalue weighted by Crippen LogP contribution is 2.14. The fourth-order valence-electron chi connectivity index (χ4n) is 2.52. The highest BCUT2D eigenvalue weighted by molar-refractivity contribution is 7.16. The number of benzene rings is 1. The molecule has 2 aromatic heterocycles. The number of hydrogen-bond acceptors (Lipinski definition) is 5. The maximum absolute atomic E-state index is 12.3. The van der Waals surface area contributed by atoms with Crippen LogP contribution in [0.4, 0.5) is 0 Å². The third-order valence-corrected chi connectivity index (χ3v) is 4.77. The second-order valence-electron chi connectivity index (χ2n) is 5.66. The maximum Gasteiger partial charge on any atom is 0.262 e. The quantitative estimate of drug-likeness (QED) is 0.764. The van der Waals surface area contributed by atoms with Crippen LogP contribution in [0.3, 0.4) is 0 Å². The summed E-state index contributed by atoms with van der Waals surface area (Å²) >= 11 is 1.42. The number of hydrogen-bond donors (Lipinski definition) is 1. The molecule has 0 aliphatic heterocycles. The molecule has 0 spiro atoms. The van der Waals surface area contributed by atoms with Crippen molar-refractivity contribution < 1.29 is 4.79 Å². The van der Waals surface area contributed by atoms with Crippen molar-refractivity contribution in [3.05, 3.63) is 63.5 Å². The number of nitrogens with one attached hydrogen (secondary N) is 1. The van der Waals surface area contributed by atoms with Crippen molar-refractivity contribution in [3.63, 3.8) is 0 Å². The van der Waals surface area contributed by atoms with Gasteiger partial charge < -0.3 is 5.32 Å². The van der Waals surface area contributed by atoms with E-state index < -0.39 is 0 Å². The van der Waals surface area contributed by atoms with Crippen LogP contribution in [0.15, 0.2) is 46.8 Å². The van der Waals surface area contributed by atoms with Gasteiger partial charge >= 0.3 is 0 Å². The summed E-state index contributed by atoms with van der Waals surface area (Å²) < 4.78 is 1.46. The third kappa shape index (κ3) is 3.75. The van der Waals surface area contributed by atoms with Crippen LogP contribution in [0, 0.1) is 11.3 Å². The SMILES string of the molecule is CC(NC(=O)CCn1cnc2sccc2c1=O)c1ccc(C#N)cc1. The molecule has 0 fully saturated rings. The smallest absolute Gasteiger partial charge is 0.262 e. The molecule has 1 atom stereocenters. The Morgan fingerprint density at radius 2 is 2.12 bits per heavy atom. The summed E-state index contributed by atoms with van der Waals surface area (Å²) in [5, 5.41) is 14.1. The second kappa shape index (κ2) is 7.28. The van der Waals surface area contributed by atoms with Gasteiger partial charge in [0.05, 0.1) is 29.4 Å². The predicted octanol–water partition coefficient (Wildman–Crippen LogP) is 2.60. The molecule has 1 unspecified atom stereocenters. The first kappa shape index (κ1) is 16.9. The van der Waals surface area contributed by atoms with Gasteiger partial charge in [0.2, 0.25) is 5.91 Å². The van der Waals surface area contributed by atoms with E-state index in [2.05, 4.69) is 16.4 Å². The lowest BCUT2D eigenvalue weighted by molar-refractivity contribution is -0.121. The summed E-state index contributed by atoms with van der Waals surface area (Å²) in [6.07, 6.45) is 1.68. The number of amides is 1. The van der Waals surface area contributed by atoms with Crippen molar-refractivity contribution in [3.8, 4) is 6.07 Å². The van der Waals surface area contributed by atoms with Crippen molar-refractivity contribution in [2.24, 2.45) is 0 Å². The minimum atomic E-state index is -0.172. The van der Waals surface area contributed by atoms with E-state index in [0.717, 1.165) is 5.56 Å². The summed E-state index contributed by atoms with van der Waals surface area (Å²) in [4.78, 5) is 29.4. The Labute approximate surface area is 148 Å². The van der Waals surface area contributed by atoms with Gasteiger partial charge in [-0.05, 0) is 36.1 Å². The topological polar surface area (TPSA) is 87.8 Å². The Morgan fingerprint density at radius 1 is 1.36 bits per heavy atom. The molecule has 0 saturated heterocycles. The van der Waals surface area contributed by atoms with Gasteiger partial charge in [-0.1, -0.05) is 12.1 Å². The van der Waals surface area contributed by atoms with Crippen LogP contribution >= 0.6 is 11.3 Å². The highest BCUT2D eigenvalue weighted by atomic mass is 32.1. The van der Waals surface area contributed by atoms with Crippen LogP contribution in [0.1, 0.15) is 30.5 Å². The van der Waals surface area contributed by atoms with Crippen molar-refractivity contribution >= 4 is 27.5 Å². The Hall–Kier alpha value is -2.98. The van der Waals surface area contributed by atoms with E-state index in [4.69, 9.17) is 5.26 Å². The van der Waals surface area contributed by atoms with E-state index in [9.17, 15) is 9.59 Å². The molecule has 25 heavy (non-hydrogen) atoms. The van der Waals surface area contributed by atoms with Crippen LogP contribution < -0.4 is 10.9 Å². The molecule has 126 valence electrons. The van der Waals surface area contributed by atoms with Gasteiger partial charge in [-0.2, -0.15) is 5.26 Å². The van der Waals surface area contributed by atoms with E-state index in [1.165, 1.54) is 22.2 Å². The Kier molecular flexibility index (Phi) is 4.91. The molecular formula is C18H16N4O2S. The molecule has 0 radical (unpaired) electrons. The lowest BCUT2D eigenvalue weighted by Crippen LogP contribution is -2.29. The summed E-state index contributed by atoms with van der Waals surface area (Å²) in [7, 11) is 0. The maximum atomic E-state index is 12.3. The Bertz CT molecular complexity index is 998. The standard InChI is InChI=1S/C18H16N4O2S/c1-12(14-4-2-13(10-19)3-5-14)21-16(23)6-8-22-11-20-17-15(18(22)24)7-9-25-17/h2-5,7,9,11-12H,6,8H2,1H3,(H,21,23). The van der Waals surface area contributed by atoms with Crippen molar-refractivity contribution in [2.75, 3.05) is 0 Å². The predicted molar refractivity (Wildman–Crippen MR) is 96.2 cm³/mol. The average molecular weight is 352 g/mol. The highest BCUT2D eigenvalue weighted by Gasteiger charge is 2.11. The van der Waals surface area contributed by atoms with E-state index in [1.807, 2.05) is 24.4 Å². The summed E-state index contributed by atoms with van der Waals surface area (Å²) in [6.45, 7) is 2.16. The summed E-state index contributed by atoms with van der Waals surface area (Å²) in [5.41, 5.74) is 1.38. The van der Waals surface area contributed by atoms with Crippen LogP contribution in [0.25, 0.3) is 10.2 Å². The van der Waals surface area contributed by atoms with E-state index in [0.29, 0.717) is 15.8 Å². The number of thiophene rings is 1. The monoisotopic (exact) mass is 352 g/mol. The number of carbonyl (C=O) groups excluding carboxylic acids is 1. The van der Waals surface area contributed by atoms with Gasteiger partial charge in [0, 0.05) is 13.0 Å². The average Bonchev–Trinajstić information content (AvgIpc) is 3.11. The lowest BCUT2D eigenvalue weighted by Gasteiger charge is -2.14. The molecule has 3 rings (SSSR count). The third-order valence-electron chi connectivity index (χ3n) is 3.95. The number of nitrogens with zero attached hydrogens (tertiary/aromatic N) is 3. The molecule has 1 N–H and O–H groups in total. The van der Waals surface area contributed by atoms with Crippen LogP contribution in [-0.4, -0.2) is 15.5 Å². The first-order chi connectivity index (χ1) is 12.1. The van der Waals surface area contributed by atoms with E-state index in [-0.39, 0.29) is 30.5 Å². The van der Waals surface area contributed by atoms with Gasteiger partial charge in [0.25, 0.3) is 5.56 Å².